The molecule has 3 aromatic carbocycles. The molecule has 5 nitrogen and oxygen atoms in total. The zero-order valence-electron chi connectivity index (χ0n) is 20.9. The van der Waals surface area contributed by atoms with Crippen LogP contribution in [-0.4, -0.2) is 18.2 Å². The van der Waals surface area contributed by atoms with Gasteiger partial charge in [-0.1, -0.05) is 46.3 Å². The molecule has 4 aromatic rings. The summed E-state index contributed by atoms with van der Waals surface area (Å²) in [5.41, 5.74) is 1.05. The number of rotatable bonds is 6. The Hall–Kier alpha value is -3.93. The summed E-state index contributed by atoms with van der Waals surface area (Å²) < 4.78 is 58.0. The fourth-order valence-corrected chi connectivity index (χ4v) is 4.68. The van der Waals surface area contributed by atoms with Crippen molar-refractivity contribution in [3.8, 4) is 28.8 Å². The van der Waals surface area contributed by atoms with Gasteiger partial charge >= 0.3 is 12.1 Å². The van der Waals surface area contributed by atoms with Gasteiger partial charge in [0.1, 0.15) is 23.8 Å². The Kier molecular flexibility index (Phi) is 7.79. The average molecular weight is 586 g/mol. The van der Waals surface area contributed by atoms with E-state index in [0.29, 0.717) is 43.8 Å². The van der Waals surface area contributed by atoms with Crippen LogP contribution in [0.3, 0.4) is 0 Å². The van der Waals surface area contributed by atoms with Gasteiger partial charge in [-0.25, -0.2) is 4.79 Å². The highest BCUT2D eigenvalue weighted by Gasteiger charge is 2.35. The average Bonchev–Trinajstić information content (AvgIpc) is 3.70. The third-order valence-corrected chi connectivity index (χ3v) is 6.92. The topological polar surface area (TPSA) is 61.6 Å². The Labute approximate surface area is 237 Å². The largest absolute Gasteiger partial charge is 0.489 e. The van der Waals surface area contributed by atoms with Crippen LogP contribution in [0, 0.1) is 11.8 Å². The van der Waals surface area contributed by atoms with Crippen molar-refractivity contribution in [3.05, 3.63) is 104 Å². The number of carbonyl (C=O) groups excluding carboxylic acids is 1. The van der Waals surface area contributed by atoms with Gasteiger partial charge in [-0.3, -0.25) is 0 Å². The molecule has 1 fully saturated rings. The van der Waals surface area contributed by atoms with Crippen LogP contribution >= 0.6 is 23.2 Å². The van der Waals surface area contributed by atoms with E-state index in [4.69, 9.17) is 32.5 Å². The van der Waals surface area contributed by atoms with Crippen molar-refractivity contribution < 1.29 is 32.0 Å². The standard InChI is InChI=1S/C30H20Cl2F3NO4/c1-38-29(37)20-9-6-17(7-10-20)5-8-18-13-14-21(15-23(18)30(33,34)35)39-16-22-27(36-40-28(22)19-11-12-19)26-24(31)3-2-4-25(26)32/h2-4,6-7,9-10,13-15,19H,11-12,16H2,1H3. The summed E-state index contributed by atoms with van der Waals surface area (Å²) in [5.74, 6) is 5.53. The normalized spacial score (nSPS) is 12.9. The van der Waals surface area contributed by atoms with Crippen molar-refractivity contribution in [1.29, 1.82) is 0 Å². The highest BCUT2D eigenvalue weighted by molar-refractivity contribution is 6.39. The summed E-state index contributed by atoms with van der Waals surface area (Å²) in [4.78, 5) is 11.6. The first-order chi connectivity index (χ1) is 19.2. The smallest absolute Gasteiger partial charge is 0.417 e. The lowest BCUT2D eigenvalue weighted by molar-refractivity contribution is -0.137. The van der Waals surface area contributed by atoms with Crippen LogP contribution in [0.25, 0.3) is 11.3 Å². The molecule has 5 rings (SSSR count). The van der Waals surface area contributed by atoms with Gasteiger partial charge in [0, 0.05) is 22.6 Å². The van der Waals surface area contributed by atoms with Gasteiger partial charge in [-0.05, 0) is 67.4 Å². The van der Waals surface area contributed by atoms with Crippen molar-refractivity contribution in [3.63, 3.8) is 0 Å². The number of esters is 1. The molecule has 40 heavy (non-hydrogen) atoms. The predicted molar refractivity (Wildman–Crippen MR) is 143 cm³/mol. The minimum Gasteiger partial charge on any atom is -0.489 e. The Morgan fingerprint density at radius 3 is 2.38 bits per heavy atom. The van der Waals surface area contributed by atoms with Gasteiger partial charge in [-0.15, -0.1) is 0 Å². The van der Waals surface area contributed by atoms with Crippen molar-refractivity contribution in [1.82, 2.24) is 5.16 Å². The van der Waals surface area contributed by atoms with Crippen molar-refractivity contribution >= 4 is 29.2 Å². The van der Waals surface area contributed by atoms with Gasteiger partial charge in [0.05, 0.1) is 33.8 Å². The summed E-state index contributed by atoms with van der Waals surface area (Å²) >= 11 is 12.8. The summed E-state index contributed by atoms with van der Waals surface area (Å²) in [6.07, 6.45) is -2.85. The monoisotopic (exact) mass is 585 g/mol. The molecule has 1 aromatic heterocycles. The molecule has 1 heterocycles. The zero-order chi connectivity index (χ0) is 28.4. The maximum Gasteiger partial charge on any atom is 0.417 e. The fourth-order valence-electron chi connectivity index (χ4n) is 4.11. The second-order valence-electron chi connectivity index (χ2n) is 9.06. The molecule has 1 aliphatic carbocycles. The molecule has 0 atom stereocenters. The van der Waals surface area contributed by atoms with Crippen LogP contribution in [-0.2, 0) is 17.5 Å². The number of benzene rings is 3. The van der Waals surface area contributed by atoms with Crippen LogP contribution in [0.4, 0.5) is 13.2 Å². The fraction of sp³-hybridized carbons (Fsp3) is 0.200. The molecule has 10 heteroatoms. The Balaban J connectivity index is 1.42. The number of nitrogens with zero attached hydrogens (tertiary/aromatic N) is 1. The lowest BCUT2D eigenvalue weighted by atomic mass is 10.0. The maximum atomic E-state index is 14.0. The molecule has 0 saturated heterocycles. The molecule has 0 unspecified atom stereocenters. The number of halogens is 5. The summed E-state index contributed by atoms with van der Waals surface area (Å²) in [6.45, 7) is -0.0961. The first-order valence-corrected chi connectivity index (χ1v) is 12.9. The summed E-state index contributed by atoms with van der Waals surface area (Å²) in [6, 6.07) is 14.7. The Morgan fingerprint density at radius 2 is 1.75 bits per heavy atom. The Bertz CT molecular complexity index is 1610. The predicted octanol–water partition coefficient (Wildman–Crippen LogP) is 8.31. The quantitative estimate of drug-likeness (QED) is 0.168. The maximum absolute atomic E-state index is 14.0. The number of ether oxygens (including phenoxy) is 2. The first kappa shape index (κ1) is 27.6. The second-order valence-corrected chi connectivity index (χ2v) is 9.87. The molecular weight excluding hydrogens is 566 g/mol. The van der Waals surface area contributed by atoms with Crippen molar-refractivity contribution in [2.24, 2.45) is 0 Å². The lowest BCUT2D eigenvalue weighted by Gasteiger charge is -2.13. The highest BCUT2D eigenvalue weighted by Crippen LogP contribution is 2.46. The molecule has 0 aliphatic heterocycles. The second kappa shape index (κ2) is 11.3. The first-order valence-electron chi connectivity index (χ1n) is 12.1. The molecule has 204 valence electrons. The Morgan fingerprint density at radius 1 is 1.05 bits per heavy atom. The zero-order valence-corrected chi connectivity index (χ0v) is 22.5. The van der Waals surface area contributed by atoms with Crippen LogP contribution in [0.15, 0.2) is 65.2 Å². The third kappa shape index (κ3) is 5.96. The number of alkyl halides is 3. The van der Waals surface area contributed by atoms with Gasteiger partial charge in [0.15, 0.2) is 0 Å². The van der Waals surface area contributed by atoms with E-state index in [-0.39, 0.29) is 23.8 Å². The van der Waals surface area contributed by atoms with Gasteiger partial charge in [0.25, 0.3) is 0 Å². The van der Waals surface area contributed by atoms with Crippen LogP contribution < -0.4 is 4.74 Å². The van der Waals surface area contributed by atoms with Crippen LogP contribution in [0.1, 0.15) is 57.1 Å². The minimum absolute atomic E-state index is 0.000501. The molecule has 0 N–H and O–H groups in total. The lowest BCUT2D eigenvalue weighted by Crippen LogP contribution is -2.09. The highest BCUT2D eigenvalue weighted by atomic mass is 35.5. The number of methoxy groups -OCH3 is 1. The van der Waals surface area contributed by atoms with Gasteiger partial charge in [0.2, 0.25) is 0 Å². The van der Waals surface area contributed by atoms with E-state index in [0.717, 1.165) is 18.9 Å². The van der Waals surface area contributed by atoms with Crippen molar-refractivity contribution in [2.75, 3.05) is 7.11 Å². The van der Waals surface area contributed by atoms with E-state index in [1.165, 1.54) is 43.5 Å². The van der Waals surface area contributed by atoms with E-state index in [1.807, 2.05) is 0 Å². The van der Waals surface area contributed by atoms with E-state index < -0.39 is 17.7 Å². The van der Waals surface area contributed by atoms with Crippen LogP contribution in [0.5, 0.6) is 5.75 Å². The minimum atomic E-state index is -4.68. The van der Waals surface area contributed by atoms with E-state index in [9.17, 15) is 18.0 Å². The van der Waals surface area contributed by atoms with Crippen LogP contribution in [0.2, 0.25) is 10.0 Å². The van der Waals surface area contributed by atoms with E-state index in [1.54, 1.807) is 18.2 Å². The third-order valence-electron chi connectivity index (χ3n) is 6.29. The van der Waals surface area contributed by atoms with Crippen molar-refractivity contribution in [2.45, 2.75) is 31.5 Å². The van der Waals surface area contributed by atoms with E-state index in [2.05, 4.69) is 21.7 Å². The number of aromatic nitrogens is 1. The number of carbonyl (C=O) groups is 1. The summed E-state index contributed by atoms with van der Waals surface area (Å²) in [5, 5.41) is 4.91. The number of hydrogen-bond donors (Lipinski definition) is 0. The number of hydrogen-bond acceptors (Lipinski definition) is 5. The molecule has 0 spiro atoms. The summed E-state index contributed by atoms with van der Waals surface area (Å²) in [7, 11) is 1.26. The van der Waals surface area contributed by atoms with Gasteiger partial charge < -0.3 is 14.0 Å². The molecule has 0 amide bonds. The molecule has 0 bridgehead atoms. The molecule has 1 aliphatic rings. The van der Waals surface area contributed by atoms with E-state index >= 15 is 0 Å². The molecule has 1 saturated carbocycles. The molecule has 0 radical (unpaired) electrons. The van der Waals surface area contributed by atoms with Gasteiger partial charge in [-0.2, -0.15) is 13.2 Å². The SMILES string of the molecule is COC(=O)c1ccc(C#Cc2ccc(OCc3c(-c4c(Cl)cccc4Cl)noc3C3CC3)cc2C(F)(F)F)cc1. The molecular formula is C30H20Cl2F3NO4.